The number of hydrogen-bond donors (Lipinski definition) is 1. The molecule has 2 unspecified atom stereocenters. The largest absolute Gasteiger partial charge is 0.465 e. The Bertz CT molecular complexity index is 441. The number of amides is 1. The van der Waals surface area contributed by atoms with Crippen LogP contribution in [0, 0.1) is 5.92 Å². The van der Waals surface area contributed by atoms with Crippen molar-refractivity contribution in [2.24, 2.45) is 5.92 Å². The van der Waals surface area contributed by atoms with Crippen LogP contribution in [0.2, 0.25) is 0 Å². The maximum absolute atomic E-state index is 11.5. The molecule has 1 amide bonds. The summed E-state index contributed by atoms with van der Waals surface area (Å²) in [5, 5.41) is 8.82. The third kappa shape index (κ3) is 3.26. The number of carbonyl (C=O) groups excluding carboxylic acids is 1. The van der Waals surface area contributed by atoms with Crippen LogP contribution in [0.25, 0.3) is 0 Å². The molecule has 19 heavy (non-hydrogen) atoms. The molecule has 1 aromatic rings. The Balaban J connectivity index is 2.22. The van der Waals surface area contributed by atoms with Crippen molar-refractivity contribution < 1.29 is 14.7 Å². The molecule has 102 valence electrons. The monoisotopic (exact) mass is 281 g/mol. The first-order valence-corrected chi connectivity index (χ1v) is 6.70. The van der Waals surface area contributed by atoms with Crippen molar-refractivity contribution in [2.45, 2.75) is 25.3 Å². The highest BCUT2D eigenvalue weighted by molar-refractivity contribution is 6.64. The van der Waals surface area contributed by atoms with Gasteiger partial charge in [-0.15, -0.1) is 0 Å². The van der Waals surface area contributed by atoms with Gasteiger partial charge in [0.15, 0.2) is 0 Å². The average Bonchev–Trinajstić information content (AvgIpc) is 2.39. The molecule has 1 aliphatic heterocycles. The second-order valence-corrected chi connectivity index (χ2v) is 5.16. The number of benzene rings is 1. The topological polar surface area (TPSA) is 57.6 Å². The van der Waals surface area contributed by atoms with Crippen LogP contribution < -0.4 is 0 Å². The normalized spacial score (nSPS) is 23.1. The summed E-state index contributed by atoms with van der Waals surface area (Å²) in [4.78, 5) is 24.2. The fourth-order valence-electron chi connectivity index (χ4n) is 2.67. The number of carboxylic acid groups (broad SMARTS) is 1. The van der Waals surface area contributed by atoms with Gasteiger partial charge in [0.25, 0.3) is 0 Å². The second-order valence-electron chi connectivity index (χ2n) is 4.79. The SMILES string of the molecule is O=C(Cl)C1CCCN(C(=O)O)C1Cc1ccccc1. The van der Waals surface area contributed by atoms with Crippen LogP contribution in [0.15, 0.2) is 30.3 Å². The lowest BCUT2D eigenvalue weighted by Crippen LogP contribution is -2.50. The summed E-state index contributed by atoms with van der Waals surface area (Å²) in [5.74, 6) is -0.410. The number of carbonyl (C=O) groups is 2. The number of piperidine rings is 1. The molecule has 5 heteroatoms. The van der Waals surface area contributed by atoms with Gasteiger partial charge < -0.3 is 10.0 Å². The summed E-state index contributed by atoms with van der Waals surface area (Å²) in [5.41, 5.74) is 1.02. The molecule has 1 heterocycles. The number of hydrogen-bond acceptors (Lipinski definition) is 2. The number of halogens is 1. The summed E-state index contributed by atoms with van der Waals surface area (Å²) in [6.07, 6.45) is 0.879. The third-order valence-electron chi connectivity index (χ3n) is 3.60. The molecule has 4 nitrogen and oxygen atoms in total. The van der Waals surface area contributed by atoms with Crippen LogP contribution in [0.5, 0.6) is 0 Å². The maximum Gasteiger partial charge on any atom is 0.407 e. The molecule has 0 saturated carbocycles. The van der Waals surface area contributed by atoms with Crippen LogP contribution in [0.3, 0.4) is 0 Å². The zero-order valence-electron chi connectivity index (χ0n) is 10.5. The van der Waals surface area contributed by atoms with Gasteiger partial charge in [-0.05, 0) is 36.4 Å². The van der Waals surface area contributed by atoms with Gasteiger partial charge in [0.05, 0.1) is 12.0 Å². The van der Waals surface area contributed by atoms with Crippen molar-refractivity contribution in [3.8, 4) is 0 Å². The van der Waals surface area contributed by atoms with Gasteiger partial charge in [-0.3, -0.25) is 4.79 Å². The fourth-order valence-corrected chi connectivity index (χ4v) is 2.92. The molecule has 1 saturated heterocycles. The lowest BCUT2D eigenvalue weighted by Gasteiger charge is -2.38. The molecule has 0 radical (unpaired) electrons. The molecule has 0 bridgehead atoms. The first-order valence-electron chi connectivity index (χ1n) is 6.32. The van der Waals surface area contributed by atoms with Crippen LogP contribution in [-0.2, 0) is 11.2 Å². The van der Waals surface area contributed by atoms with E-state index in [1.807, 2.05) is 30.3 Å². The maximum atomic E-state index is 11.5. The molecule has 2 rings (SSSR count). The van der Waals surface area contributed by atoms with E-state index in [4.69, 9.17) is 11.6 Å². The summed E-state index contributed by atoms with van der Waals surface area (Å²) in [6, 6.07) is 9.22. The first-order chi connectivity index (χ1) is 9.09. The van der Waals surface area contributed by atoms with E-state index >= 15 is 0 Å². The highest BCUT2D eigenvalue weighted by Crippen LogP contribution is 2.28. The Morgan fingerprint density at radius 2 is 2.00 bits per heavy atom. The van der Waals surface area contributed by atoms with Crippen LogP contribution in [0.1, 0.15) is 18.4 Å². The van der Waals surface area contributed by atoms with Crippen LogP contribution in [0.4, 0.5) is 4.79 Å². The quantitative estimate of drug-likeness (QED) is 0.867. The minimum atomic E-state index is -0.983. The summed E-state index contributed by atoms with van der Waals surface area (Å²) in [7, 11) is 0. The lowest BCUT2D eigenvalue weighted by molar-refractivity contribution is -0.118. The van der Waals surface area contributed by atoms with Gasteiger partial charge in [-0.1, -0.05) is 30.3 Å². The molecule has 1 aliphatic rings. The van der Waals surface area contributed by atoms with Gasteiger partial charge in [0, 0.05) is 6.54 Å². The van der Waals surface area contributed by atoms with Crippen LogP contribution in [-0.4, -0.2) is 33.9 Å². The second kappa shape index (κ2) is 6.06. The Morgan fingerprint density at radius 1 is 1.32 bits per heavy atom. The number of rotatable bonds is 3. The van der Waals surface area contributed by atoms with Gasteiger partial charge in [0.1, 0.15) is 0 Å². The average molecular weight is 282 g/mol. The van der Waals surface area contributed by atoms with Crippen molar-refractivity contribution in [1.82, 2.24) is 4.90 Å². The van der Waals surface area contributed by atoms with Crippen LogP contribution >= 0.6 is 11.6 Å². The Kier molecular flexibility index (Phi) is 4.43. The predicted octanol–water partition coefficient (Wildman–Crippen LogP) is 2.75. The Labute approximate surface area is 117 Å². The highest BCUT2D eigenvalue weighted by Gasteiger charge is 2.37. The Hall–Kier alpha value is -1.55. The first kappa shape index (κ1) is 13.9. The molecule has 0 spiro atoms. The smallest absolute Gasteiger partial charge is 0.407 e. The van der Waals surface area contributed by atoms with E-state index in [1.54, 1.807) is 0 Å². The summed E-state index contributed by atoms with van der Waals surface area (Å²) in [6.45, 7) is 0.466. The van der Waals surface area contributed by atoms with Gasteiger partial charge in [-0.25, -0.2) is 4.79 Å². The molecule has 1 fully saturated rings. The molecular weight excluding hydrogens is 266 g/mol. The minimum Gasteiger partial charge on any atom is -0.465 e. The van der Waals surface area contributed by atoms with Gasteiger partial charge in [0.2, 0.25) is 5.24 Å². The predicted molar refractivity (Wildman–Crippen MR) is 72.2 cm³/mol. The van der Waals surface area contributed by atoms with Crippen molar-refractivity contribution in [2.75, 3.05) is 6.54 Å². The van der Waals surface area contributed by atoms with E-state index in [9.17, 15) is 14.7 Å². The molecule has 0 aromatic heterocycles. The zero-order chi connectivity index (χ0) is 13.8. The van der Waals surface area contributed by atoms with E-state index < -0.39 is 17.3 Å². The van der Waals surface area contributed by atoms with Crippen molar-refractivity contribution in [3.63, 3.8) is 0 Å². The molecule has 2 atom stereocenters. The van der Waals surface area contributed by atoms with E-state index in [0.717, 1.165) is 5.56 Å². The Morgan fingerprint density at radius 3 is 2.58 bits per heavy atom. The molecule has 0 aliphatic carbocycles. The third-order valence-corrected chi connectivity index (χ3v) is 3.88. The van der Waals surface area contributed by atoms with E-state index in [1.165, 1.54) is 4.90 Å². The van der Waals surface area contributed by atoms with E-state index in [0.29, 0.717) is 25.8 Å². The van der Waals surface area contributed by atoms with Crippen molar-refractivity contribution >= 4 is 22.9 Å². The van der Waals surface area contributed by atoms with Gasteiger partial charge in [-0.2, -0.15) is 0 Å². The van der Waals surface area contributed by atoms with E-state index in [2.05, 4.69) is 0 Å². The van der Waals surface area contributed by atoms with Gasteiger partial charge >= 0.3 is 6.09 Å². The standard InChI is InChI=1S/C14H16ClNO3/c15-13(17)11-7-4-8-16(14(18)19)12(11)9-10-5-2-1-3-6-10/h1-3,5-6,11-12H,4,7-9H2,(H,18,19). The zero-order valence-corrected chi connectivity index (χ0v) is 11.2. The van der Waals surface area contributed by atoms with E-state index in [-0.39, 0.29) is 6.04 Å². The van der Waals surface area contributed by atoms with Crippen molar-refractivity contribution in [1.29, 1.82) is 0 Å². The summed E-state index contributed by atoms with van der Waals surface area (Å²) < 4.78 is 0. The van der Waals surface area contributed by atoms with Crippen molar-refractivity contribution in [3.05, 3.63) is 35.9 Å². The fraction of sp³-hybridized carbons (Fsp3) is 0.429. The summed E-state index contributed by atoms with van der Waals surface area (Å²) >= 11 is 5.63. The molecule has 1 aromatic carbocycles. The molecular formula is C14H16ClNO3. The number of nitrogens with zero attached hydrogens (tertiary/aromatic N) is 1. The molecule has 1 N–H and O–H groups in total. The highest BCUT2D eigenvalue weighted by atomic mass is 35.5. The minimum absolute atomic E-state index is 0.362. The lowest BCUT2D eigenvalue weighted by atomic mass is 9.86. The number of likely N-dealkylation sites (tertiary alicyclic amines) is 1.